The van der Waals surface area contributed by atoms with Crippen LogP contribution >= 0.6 is 0 Å². The molecule has 1 aromatic rings. The van der Waals surface area contributed by atoms with E-state index in [0.29, 0.717) is 24.5 Å². The van der Waals surface area contributed by atoms with E-state index in [9.17, 15) is 9.59 Å². The lowest BCUT2D eigenvalue weighted by Gasteiger charge is -2.14. The Morgan fingerprint density at radius 3 is 2.58 bits per heavy atom. The minimum Gasteiger partial charge on any atom is -0.374 e. The number of likely N-dealkylation sites (N-methyl/N-ethyl adjacent to an activating group) is 1. The lowest BCUT2D eigenvalue weighted by molar-refractivity contribution is -0.121. The zero-order valence-electron chi connectivity index (χ0n) is 11.5. The smallest absolute Gasteiger partial charge is 0.269 e. The van der Waals surface area contributed by atoms with Gasteiger partial charge >= 0.3 is 0 Å². The molecule has 0 radical (unpaired) electrons. The summed E-state index contributed by atoms with van der Waals surface area (Å²) < 4.78 is 0. The molecule has 1 atom stereocenters. The van der Waals surface area contributed by atoms with Gasteiger partial charge in [0.15, 0.2) is 0 Å². The van der Waals surface area contributed by atoms with E-state index in [0.717, 1.165) is 0 Å². The number of pyridine rings is 1. The third-order valence-electron chi connectivity index (χ3n) is 2.46. The highest BCUT2D eigenvalue weighted by Gasteiger charge is 2.12. The second-order valence-corrected chi connectivity index (χ2v) is 4.05. The van der Waals surface area contributed by atoms with Crippen molar-refractivity contribution in [3.8, 4) is 0 Å². The van der Waals surface area contributed by atoms with Crippen LogP contribution in [0.25, 0.3) is 0 Å². The van der Waals surface area contributed by atoms with Crippen LogP contribution in [0, 0.1) is 0 Å². The van der Waals surface area contributed by atoms with Crippen molar-refractivity contribution >= 4 is 17.5 Å². The Morgan fingerprint density at radius 2 is 1.95 bits per heavy atom. The van der Waals surface area contributed by atoms with Crippen LogP contribution in [0.2, 0.25) is 0 Å². The number of amides is 2. The van der Waals surface area contributed by atoms with Gasteiger partial charge in [-0.15, -0.1) is 0 Å². The summed E-state index contributed by atoms with van der Waals surface area (Å²) in [4.78, 5) is 27.2. The Balaban J connectivity index is 2.71. The molecule has 19 heavy (non-hydrogen) atoms. The summed E-state index contributed by atoms with van der Waals surface area (Å²) in [5.74, 6) is -0.310. The summed E-state index contributed by atoms with van der Waals surface area (Å²) >= 11 is 0. The van der Waals surface area contributed by atoms with E-state index in [-0.39, 0.29) is 17.9 Å². The normalized spacial score (nSPS) is 11.5. The molecule has 6 heteroatoms. The van der Waals surface area contributed by atoms with Crippen molar-refractivity contribution in [3.63, 3.8) is 0 Å². The summed E-state index contributed by atoms with van der Waals surface area (Å²) in [6.45, 7) is 6.61. The van der Waals surface area contributed by atoms with Crippen molar-refractivity contribution in [3.05, 3.63) is 24.0 Å². The summed E-state index contributed by atoms with van der Waals surface area (Å²) in [5, 5.41) is 8.44. The maximum Gasteiger partial charge on any atom is 0.269 e. The van der Waals surface area contributed by atoms with Crippen molar-refractivity contribution in [1.82, 2.24) is 15.6 Å². The fraction of sp³-hybridized carbons (Fsp3) is 0.462. The predicted octanol–water partition coefficient (Wildman–Crippen LogP) is 0.768. The van der Waals surface area contributed by atoms with E-state index in [4.69, 9.17) is 0 Å². The molecule has 0 saturated carbocycles. The molecule has 0 aliphatic heterocycles. The largest absolute Gasteiger partial charge is 0.374 e. The van der Waals surface area contributed by atoms with Gasteiger partial charge < -0.3 is 16.0 Å². The average molecular weight is 264 g/mol. The first kappa shape index (κ1) is 14.9. The maximum atomic E-state index is 11.6. The van der Waals surface area contributed by atoms with Gasteiger partial charge in [0.2, 0.25) is 5.91 Å². The summed E-state index contributed by atoms with van der Waals surface area (Å²) in [5.41, 5.74) is 1.02. The standard InChI is InChI=1S/C13H20N4O2/c1-4-14-12(18)9(3)17-10-6-7-16-11(8-10)13(19)15-5-2/h6-9H,4-5H2,1-3H3,(H,14,18)(H,15,19)(H,16,17). The molecule has 0 spiro atoms. The van der Waals surface area contributed by atoms with Crippen LogP contribution in [0.15, 0.2) is 18.3 Å². The van der Waals surface area contributed by atoms with Gasteiger partial charge in [-0.1, -0.05) is 0 Å². The molecule has 6 nitrogen and oxygen atoms in total. The molecule has 104 valence electrons. The molecule has 0 saturated heterocycles. The Hall–Kier alpha value is -2.11. The highest BCUT2D eigenvalue weighted by atomic mass is 16.2. The van der Waals surface area contributed by atoms with E-state index in [1.165, 1.54) is 6.20 Å². The second-order valence-electron chi connectivity index (χ2n) is 4.05. The van der Waals surface area contributed by atoms with Gasteiger partial charge in [-0.05, 0) is 32.9 Å². The fourth-order valence-electron chi connectivity index (χ4n) is 1.54. The van der Waals surface area contributed by atoms with Gasteiger partial charge in [0, 0.05) is 25.0 Å². The molecular formula is C13H20N4O2. The third-order valence-corrected chi connectivity index (χ3v) is 2.46. The number of hydrogen-bond donors (Lipinski definition) is 3. The molecule has 1 heterocycles. The number of rotatable bonds is 6. The fourth-order valence-corrected chi connectivity index (χ4v) is 1.54. The van der Waals surface area contributed by atoms with Crippen LogP contribution < -0.4 is 16.0 Å². The first-order chi connectivity index (χ1) is 9.08. The highest BCUT2D eigenvalue weighted by Crippen LogP contribution is 2.09. The molecule has 1 unspecified atom stereocenters. The molecule has 0 aromatic carbocycles. The monoisotopic (exact) mass is 264 g/mol. The van der Waals surface area contributed by atoms with Crippen molar-refractivity contribution in [2.75, 3.05) is 18.4 Å². The Morgan fingerprint density at radius 1 is 1.26 bits per heavy atom. The number of aromatic nitrogens is 1. The van der Waals surface area contributed by atoms with E-state index in [1.54, 1.807) is 19.1 Å². The zero-order valence-corrected chi connectivity index (χ0v) is 11.5. The van der Waals surface area contributed by atoms with Crippen LogP contribution in [0.5, 0.6) is 0 Å². The number of nitrogens with zero attached hydrogens (tertiary/aromatic N) is 1. The van der Waals surface area contributed by atoms with Crippen LogP contribution in [0.4, 0.5) is 5.69 Å². The minimum absolute atomic E-state index is 0.0844. The first-order valence-corrected chi connectivity index (χ1v) is 6.37. The van der Waals surface area contributed by atoms with Gasteiger partial charge in [0.1, 0.15) is 11.7 Å². The van der Waals surface area contributed by atoms with Gasteiger partial charge in [0.05, 0.1) is 0 Å². The molecule has 1 aromatic heterocycles. The molecule has 2 amide bonds. The predicted molar refractivity (Wildman–Crippen MR) is 74.0 cm³/mol. The van der Waals surface area contributed by atoms with Crippen LogP contribution in [-0.2, 0) is 4.79 Å². The number of anilines is 1. The van der Waals surface area contributed by atoms with E-state index in [1.807, 2.05) is 13.8 Å². The molecule has 3 N–H and O–H groups in total. The molecular weight excluding hydrogens is 244 g/mol. The SMILES string of the molecule is CCNC(=O)c1cc(NC(C)C(=O)NCC)ccn1. The number of hydrogen-bond acceptors (Lipinski definition) is 4. The first-order valence-electron chi connectivity index (χ1n) is 6.37. The van der Waals surface area contributed by atoms with Gasteiger partial charge in [-0.3, -0.25) is 14.6 Å². The second kappa shape index (κ2) is 7.35. The Kier molecular flexibility index (Phi) is 5.78. The van der Waals surface area contributed by atoms with Crippen molar-refractivity contribution in [1.29, 1.82) is 0 Å². The van der Waals surface area contributed by atoms with Crippen molar-refractivity contribution < 1.29 is 9.59 Å². The lowest BCUT2D eigenvalue weighted by atomic mass is 10.2. The van der Waals surface area contributed by atoms with E-state index in [2.05, 4.69) is 20.9 Å². The van der Waals surface area contributed by atoms with Crippen LogP contribution in [0.1, 0.15) is 31.3 Å². The van der Waals surface area contributed by atoms with E-state index < -0.39 is 0 Å². The van der Waals surface area contributed by atoms with Crippen LogP contribution in [0.3, 0.4) is 0 Å². The molecule has 0 aliphatic rings. The van der Waals surface area contributed by atoms with Gasteiger partial charge in [-0.2, -0.15) is 0 Å². The molecule has 1 rings (SSSR count). The van der Waals surface area contributed by atoms with Gasteiger partial charge in [-0.25, -0.2) is 0 Å². The van der Waals surface area contributed by atoms with Crippen molar-refractivity contribution in [2.24, 2.45) is 0 Å². The lowest BCUT2D eigenvalue weighted by Crippen LogP contribution is -2.37. The Labute approximate surface area is 113 Å². The summed E-state index contributed by atoms with van der Waals surface area (Å²) in [6, 6.07) is 2.98. The molecule has 0 fully saturated rings. The van der Waals surface area contributed by atoms with Crippen molar-refractivity contribution in [2.45, 2.75) is 26.8 Å². The van der Waals surface area contributed by atoms with Crippen LogP contribution in [-0.4, -0.2) is 35.9 Å². The summed E-state index contributed by atoms with van der Waals surface area (Å²) in [6.07, 6.45) is 1.54. The highest BCUT2D eigenvalue weighted by molar-refractivity contribution is 5.93. The Bertz CT molecular complexity index is 448. The van der Waals surface area contributed by atoms with E-state index >= 15 is 0 Å². The number of nitrogens with one attached hydrogen (secondary N) is 3. The number of carbonyl (C=O) groups excluding carboxylic acids is 2. The zero-order chi connectivity index (χ0) is 14.3. The average Bonchev–Trinajstić information content (AvgIpc) is 2.39. The summed E-state index contributed by atoms with van der Waals surface area (Å²) in [7, 11) is 0. The number of carbonyl (C=O) groups is 2. The molecule has 0 aliphatic carbocycles. The maximum absolute atomic E-state index is 11.6. The molecule has 0 bridgehead atoms. The minimum atomic E-state index is -0.371. The third kappa shape index (κ3) is 4.57. The quantitative estimate of drug-likeness (QED) is 0.708. The topological polar surface area (TPSA) is 83.1 Å². The van der Waals surface area contributed by atoms with Gasteiger partial charge in [0.25, 0.3) is 5.91 Å².